The Hall–Kier alpha value is -1.76. The molecule has 1 nitrogen and oxygen atoms in total. The van der Waals surface area contributed by atoms with Gasteiger partial charge in [0, 0.05) is 0 Å². The largest absolute Gasteiger partial charge is 0.494 e. The fourth-order valence-corrected chi connectivity index (χ4v) is 4.82. The molecule has 0 aromatic heterocycles. The van der Waals surface area contributed by atoms with Gasteiger partial charge in [0.25, 0.3) is 0 Å². The minimum Gasteiger partial charge on any atom is -0.494 e. The third-order valence-electron chi connectivity index (χ3n) is 6.91. The maximum atomic E-state index is 5.82. The summed E-state index contributed by atoms with van der Waals surface area (Å²) in [6.45, 7) is 5.37. The molecule has 1 aliphatic rings. The van der Waals surface area contributed by atoms with Crippen LogP contribution in [0.2, 0.25) is 0 Å². The van der Waals surface area contributed by atoms with Gasteiger partial charge in [-0.25, -0.2) is 0 Å². The van der Waals surface area contributed by atoms with Gasteiger partial charge in [0.1, 0.15) is 5.75 Å². The molecule has 0 N–H and O–H groups in total. The van der Waals surface area contributed by atoms with Crippen LogP contribution in [-0.4, -0.2) is 6.61 Å². The van der Waals surface area contributed by atoms with Crippen molar-refractivity contribution in [3.8, 4) is 5.75 Å². The smallest absolute Gasteiger partial charge is 0.119 e. The van der Waals surface area contributed by atoms with Gasteiger partial charge in [-0.1, -0.05) is 82.3 Å². The van der Waals surface area contributed by atoms with Crippen LogP contribution in [0.4, 0.5) is 0 Å². The zero-order valence-electron chi connectivity index (χ0n) is 19.4. The summed E-state index contributed by atoms with van der Waals surface area (Å²) in [5, 5.41) is 0. The van der Waals surface area contributed by atoms with Crippen molar-refractivity contribution in [3.63, 3.8) is 0 Å². The Morgan fingerprint density at radius 2 is 1.30 bits per heavy atom. The second kappa shape index (κ2) is 12.8. The van der Waals surface area contributed by atoms with Crippen molar-refractivity contribution in [1.29, 1.82) is 0 Å². The number of unbranched alkanes of at least 4 members (excludes halogenated alkanes) is 3. The van der Waals surface area contributed by atoms with Crippen molar-refractivity contribution in [2.45, 2.75) is 96.8 Å². The van der Waals surface area contributed by atoms with E-state index in [-0.39, 0.29) is 0 Å². The van der Waals surface area contributed by atoms with E-state index in [1.165, 1.54) is 68.9 Å². The highest BCUT2D eigenvalue weighted by atomic mass is 16.5. The lowest BCUT2D eigenvalue weighted by Gasteiger charge is -2.29. The SMILES string of the molecule is CCCCCOc1ccc(CCc2ccc([C@H]3CC[C@H](CCCC)CC3)cc2)cc1. The maximum absolute atomic E-state index is 5.82. The molecule has 2 aromatic carbocycles. The third-order valence-corrected chi connectivity index (χ3v) is 6.91. The Morgan fingerprint density at radius 3 is 1.90 bits per heavy atom. The van der Waals surface area contributed by atoms with Gasteiger partial charge in [0.2, 0.25) is 0 Å². The molecule has 1 saturated carbocycles. The van der Waals surface area contributed by atoms with E-state index in [9.17, 15) is 0 Å². The summed E-state index contributed by atoms with van der Waals surface area (Å²) in [6, 6.07) is 18.2. The topological polar surface area (TPSA) is 9.23 Å². The van der Waals surface area contributed by atoms with Crippen LogP contribution in [0, 0.1) is 5.92 Å². The Bertz CT molecular complexity index is 692. The van der Waals surface area contributed by atoms with Crippen LogP contribution in [0.1, 0.15) is 101 Å². The third kappa shape index (κ3) is 7.49. The first-order valence-electron chi connectivity index (χ1n) is 12.6. The van der Waals surface area contributed by atoms with Crippen LogP contribution in [-0.2, 0) is 12.8 Å². The minimum absolute atomic E-state index is 0.793. The maximum Gasteiger partial charge on any atom is 0.119 e. The van der Waals surface area contributed by atoms with Crippen LogP contribution >= 0.6 is 0 Å². The molecule has 0 amide bonds. The molecule has 0 unspecified atom stereocenters. The highest BCUT2D eigenvalue weighted by Crippen LogP contribution is 2.37. The van der Waals surface area contributed by atoms with Crippen molar-refractivity contribution in [3.05, 3.63) is 65.2 Å². The molecule has 0 spiro atoms. The highest BCUT2D eigenvalue weighted by molar-refractivity contribution is 5.30. The molecule has 1 heteroatoms. The molecule has 30 heavy (non-hydrogen) atoms. The summed E-state index contributed by atoms with van der Waals surface area (Å²) in [5.41, 5.74) is 4.41. The summed E-state index contributed by atoms with van der Waals surface area (Å²) in [4.78, 5) is 0. The number of hydrogen-bond acceptors (Lipinski definition) is 1. The number of aryl methyl sites for hydroxylation is 2. The van der Waals surface area contributed by atoms with E-state index < -0.39 is 0 Å². The summed E-state index contributed by atoms with van der Waals surface area (Å²) < 4.78 is 5.82. The average molecular weight is 407 g/mol. The number of ether oxygens (including phenoxy) is 1. The second-order valence-corrected chi connectivity index (χ2v) is 9.30. The van der Waals surface area contributed by atoms with E-state index >= 15 is 0 Å². The van der Waals surface area contributed by atoms with Gasteiger partial charge >= 0.3 is 0 Å². The number of rotatable bonds is 12. The van der Waals surface area contributed by atoms with Crippen LogP contribution in [0.3, 0.4) is 0 Å². The van der Waals surface area contributed by atoms with Gasteiger partial charge in [-0.15, -0.1) is 0 Å². The monoisotopic (exact) mass is 406 g/mol. The van der Waals surface area contributed by atoms with Crippen LogP contribution in [0.5, 0.6) is 5.75 Å². The molecule has 0 saturated heterocycles. The quantitative estimate of drug-likeness (QED) is 0.321. The molecule has 164 valence electrons. The fourth-order valence-electron chi connectivity index (χ4n) is 4.82. The number of benzene rings is 2. The van der Waals surface area contributed by atoms with Crippen LogP contribution in [0.25, 0.3) is 0 Å². The Balaban J connectivity index is 1.40. The second-order valence-electron chi connectivity index (χ2n) is 9.30. The Labute approximate surface area is 185 Å². The first kappa shape index (κ1) is 22.9. The Morgan fingerprint density at radius 1 is 0.700 bits per heavy atom. The molecule has 2 aromatic rings. The lowest BCUT2D eigenvalue weighted by molar-refractivity contribution is 0.304. The molecule has 3 rings (SSSR count). The van der Waals surface area contributed by atoms with E-state index in [0.717, 1.165) is 43.5 Å². The van der Waals surface area contributed by atoms with E-state index in [2.05, 4.69) is 62.4 Å². The standard InChI is InChI=1S/C29H42O/c1-3-5-7-23-30-29-21-15-26(16-22-29)10-9-25-13-19-28(20-14-25)27-17-11-24(12-18-27)8-6-4-2/h13-16,19-22,24,27H,3-12,17-18,23H2,1-2H3/t24-,27-. The molecule has 0 bridgehead atoms. The van der Waals surface area contributed by atoms with Gasteiger partial charge in [-0.3, -0.25) is 0 Å². The average Bonchev–Trinajstić information content (AvgIpc) is 2.81. The van der Waals surface area contributed by atoms with Gasteiger partial charge in [-0.2, -0.15) is 0 Å². The molecular formula is C29H42O. The van der Waals surface area contributed by atoms with Gasteiger partial charge < -0.3 is 4.74 Å². The predicted octanol–water partition coefficient (Wildman–Crippen LogP) is 8.50. The van der Waals surface area contributed by atoms with Crippen molar-refractivity contribution < 1.29 is 4.74 Å². The summed E-state index contributed by atoms with van der Waals surface area (Å²) >= 11 is 0. The first-order valence-corrected chi connectivity index (χ1v) is 12.6. The molecule has 0 atom stereocenters. The summed E-state index contributed by atoms with van der Waals surface area (Å²) in [6.07, 6.45) is 15.7. The Kier molecular flexibility index (Phi) is 9.80. The normalized spacial score (nSPS) is 19.0. The molecule has 0 aliphatic heterocycles. The minimum atomic E-state index is 0.793. The highest BCUT2D eigenvalue weighted by Gasteiger charge is 2.21. The number of hydrogen-bond donors (Lipinski definition) is 0. The summed E-state index contributed by atoms with van der Waals surface area (Å²) in [7, 11) is 0. The van der Waals surface area contributed by atoms with Gasteiger partial charge in [-0.05, 0) is 85.6 Å². The predicted molar refractivity (Wildman–Crippen MR) is 130 cm³/mol. The van der Waals surface area contributed by atoms with Crippen molar-refractivity contribution in [2.24, 2.45) is 5.92 Å². The van der Waals surface area contributed by atoms with E-state index in [4.69, 9.17) is 4.74 Å². The van der Waals surface area contributed by atoms with Crippen molar-refractivity contribution in [1.82, 2.24) is 0 Å². The van der Waals surface area contributed by atoms with Crippen LogP contribution in [0.15, 0.2) is 48.5 Å². The lowest BCUT2D eigenvalue weighted by atomic mass is 9.77. The van der Waals surface area contributed by atoms with Gasteiger partial charge in [0.05, 0.1) is 6.61 Å². The molecular weight excluding hydrogens is 364 g/mol. The van der Waals surface area contributed by atoms with Crippen LogP contribution < -0.4 is 4.74 Å². The van der Waals surface area contributed by atoms with Gasteiger partial charge in [0.15, 0.2) is 0 Å². The molecule has 0 radical (unpaired) electrons. The van der Waals surface area contributed by atoms with E-state index in [1.807, 2.05) is 0 Å². The molecule has 1 aliphatic carbocycles. The molecule has 1 fully saturated rings. The van der Waals surface area contributed by atoms with E-state index in [1.54, 1.807) is 5.56 Å². The van der Waals surface area contributed by atoms with Crippen molar-refractivity contribution >= 4 is 0 Å². The first-order chi connectivity index (χ1) is 14.8. The zero-order chi connectivity index (χ0) is 21.0. The zero-order valence-corrected chi connectivity index (χ0v) is 19.4. The molecule has 0 heterocycles. The summed E-state index contributed by atoms with van der Waals surface area (Å²) in [5.74, 6) is 2.79. The van der Waals surface area contributed by atoms with E-state index in [0.29, 0.717) is 0 Å². The lowest BCUT2D eigenvalue weighted by Crippen LogP contribution is -2.13. The fraction of sp³-hybridized carbons (Fsp3) is 0.586. The van der Waals surface area contributed by atoms with Crippen molar-refractivity contribution in [2.75, 3.05) is 6.61 Å².